The van der Waals surface area contributed by atoms with Crippen LogP contribution in [0.4, 0.5) is 13.2 Å². The average molecular weight is 296 g/mol. The normalized spacial score (nSPS) is 25.2. The molecule has 0 spiro atoms. The Kier molecular flexibility index (Phi) is 6.75. The highest BCUT2D eigenvalue weighted by molar-refractivity contribution is 5.81. The number of nitrogens with two attached hydrogens (primary N) is 1. The SMILES string of the molecule is COCCCC(N)C(=O)NC1CCCCC1C(F)(F)F. The smallest absolute Gasteiger partial charge is 0.385 e. The Morgan fingerprint density at radius 1 is 1.40 bits per heavy atom. The molecule has 1 saturated carbocycles. The van der Waals surface area contributed by atoms with Gasteiger partial charge in [0.25, 0.3) is 0 Å². The monoisotopic (exact) mass is 296 g/mol. The van der Waals surface area contributed by atoms with Crippen LogP contribution in [-0.2, 0) is 9.53 Å². The Labute approximate surface area is 117 Å². The summed E-state index contributed by atoms with van der Waals surface area (Å²) in [6.07, 6.45) is -1.55. The van der Waals surface area contributed by atoms with E-state index in [4.69, 9.17) is 10.5 Å². The summed E-state index contributed by atoms with van der Waals surface area (Å²) in [6.45, 7) is 0.482. The molecule has 0 saturated heterocycles. The lowest BCUT2D eigenvalue weighted by atomic mass is 9.84. The Morgan fingerprint density at radius 3 is 2.65 bits per heavy atom. The van der Waals surface area contributed by atoms with Crippen LogP contribution in [0, 0.1) is 5.92 Å². The lowest BCUT2D eigenvalue weighted by Crippen LogP contribution is -2.52. The van der Waals surface area contributed by atoms with Crippen LogP contribution in [0.1, 0.15) is 38.5 Å². The number of halogens is 3. The molecule has 1 rings (SSSR count). The van der Waals surface area contributed by atoms with Crippen molar-refractivity contribution < 1.29 is 22.7 Å². The molecule has 7 heteroatoms. The van der Waals surface area contributed by atoms with Gasteiger partial charge in [0.2, 0.25) is 5.91 Å². The van der Waals surface area contributed by atoms with E-state index < -0.39 is 30.1 Å². The summed E-state index contributed by atoms with van der Waals surface area (Å²) in [5, 5.41) is 2.48. The van der Waals surface area contributed by atoms with Gasteiger partial charge < -0.3 is 15.8 Å². The quantitative estimate of drug-likeness (QED) is 0.737. The molecule has 3 atom stereocenters. The molecule has 1 amide bonds. The van der Waals surface area contributed by atoms with E-state index in [0.717, 1.165) is 0 Å². The van der Waals surface area contributed by atoms with E-state index in [1.54, 1.807) is 7.11 Å². The zero-order valence-electron chi connectivity index (χ0n) is 11.7. The number of carbonyl (C=O) groups is 1. The third kappa shape index (κ3) is 5.28. The van der Waals surface area contributed by atoms with Crippen molar-refractivity contribution >= 4 is 5.91 Å². The fourth-order valence-electron chi connectivity index (χ4n) is 2.56. The Hall–Kier alpha value is -0.820. The molecule has 0 aromatic heterocycles. The van der Waals surface area contributed by atoms with Gasteiger partial charge in [-0.05, 0) is 25.7 Å². The number of hydrogen-bond donors (Lipinski definition) is 2. The molecule has 1 aliphatic rings. The predicted octanol–water partition coefficient (Wildman–Crippen LogP) is 1.98. The maximum Gasteiger partial charge on any atom is 0.393 e. The number of hydrogen-bond acceptors (Lipinski definition) is 3. The van der Waals surface area contributed by atoms with Gasteiger partial charge in [-0.1, -0.05) is 12.8 Å². The molecule has 0 bridgehead atoms. The number of alkyl halides is 3. The third-order valence-corrected chi connectivity index (χ3v) is 3.71. The molecule has 0 heterocycles. The lowest BCUT2D eigenvalue weighted by molar-refractivity contribution is -0.189. The fraction of sp³-hybridized carbons (Fsp3) is 0.923. The molecular weight excluding hydrogens is 273 g/mol. The van der Waals surface area contributed by atoms with Crippen LogP contribution in [-0.4, -0.2) is 37.9 Å². The molecule has 1 fully saturated rings. The standard InChI is InChI=1S/C13H23F3N2O2/c1-20-8-4-6-10(17)12(19)18-11-7-3-2-5-9(11)13(14,15)16/h9-11H,2-8,17H2,1H3,(H,18,19). The van der Waals surface area contributed by atoms with Gasteiger partial charge in [-0.15, -0.1) is 0 Å². The number of nitrogens with one attached hydrogen (secondary N) is 1. The second-order valence-electron chi connectivity index (χ2n) is 5.29. The maximum atomic E-state index is 12.9. The summed E-state index contributed by atoms with van der Waals surface area (Å²) in [6, 6.07) is -1.62. The van der Waals surface area contributed by atoms with E-state index in [9.17, 15) is 18.0 Å². The predicted molar refractivity (Wildman–Crippen MR) is 69.0 cm³/mol. The van der Waals surface area contributed by atoms with Gasteiger partial charge in [0.05, 0.1) is 12.0 Å². The first kappa shape index (κ1) is 17.2. The number of amides is 1. The summed E-state index contributed by atoms with van der Waals surface area (Å²) in [5.74, 6) is -1.95. The van der Waals surface area contributed by atoms with Crippen molar-refractivity contribution in [3.05, 3.63) is 0 Å². The molecule has 0 radical (unpaired) electrons. The van der Waals surface area contributed by atoms with Crippen LogP contribution in [0.3, 0.4) is 0 Å². The number of methoxy groups -OCH3 is 1. The topological polar surface area (TPSA) is 64.3 Å². The van der Waals surface area contributed by atoms with Crippen LogP contribution in [0.15, 0.2) is 0 Å². The van der Waals surface area contributed by atoms with E-state index in [-0.39, 0.29) is 6.42 Å². The van der Waals surface area contributed by atoms with Gasteiger partial charge in [0.15, 0.2) is 0 Å². The molecule has 0 aliphatic heterocycles. The van der Waals surface area contributed by atoms with E-state index in [2.05, 4.69) is 5.32 Å². The minimum absolute atomic E-state index is 0.0767. The van der Waals surface area contributed by atoms with E-state index >= 15 is 0 Å². The second-order valence-corrected chi connectivity index (χ2v) is 5.29. The van der Waals surface area contributed by atoms with Crippen LogP contribution < -0.4 is 11.1 Å². The number of ether oxygens (including phenoxy) is 1. The second kappa shape index (κ2) is 7.83. The van der Waals surface area contributed by atoms with Crippen molar-refractivity contribution in [2.75, 3.05) is 13.7 Å². The highest BCUT2D eigenvalue weighted by Crippen LogP contribution is 2.37. The summed E-state index contributed by atoms with van der Waals surface area (Å²) >= 11 is 0. The van der Waals surface area contributed by atoms with E-state index in [1.807, 2.05) is 0 Å². The Bertz CT molecular complexity index is 310. The summed E-state index contributed by atoms with van der Waals surface area (Å²) in [5.41, 5.74) is 5.68. The number of carbonyl (C=O) groups excluding carboxylic acids is 1. The lowest BCUT2D eigenvalue weighted by Gasteiger charge is -2.34. The third-order valence-electron chi connectivity index (χ3n) is 3.71. The van der Waals surface area contributed by atoms with Crippen LogP contribution >= 0.6 is 0 Å². The van der Waals surface area contributed by atoms with Gasteiger partial charge in [0, 0.05) is 19.8 Å². The zero-order valence-corrected chi connectivity index (χ0v) is 11.7. The molecule has 20 heavy (non-hydrogen) atoms. The molecule has 4 nitrogen and oxygen atoms in total. The summed E-state index contributed by atoms with van der Waals surface area (Å²) in [7, 11) is 1.54. The van der Waals surface area contributed by atoms with Crippen LogP contribution in [0.5, 0.6) is 0 Å². The largest absolute Gasteiger partial charge is 0.393 e. The Morgan fingerprint density at radius 2 is 2.05 bits per heavy atom. The fourth-order valence-corrected chi connectivity index (χ4v) is 2.56. The minimum atomic E-state index is -4.27. The maximum absolute atomic E-state index is 12.9. The molecule has 0 aromatic carbocycles. The van der Waals surface area contributed by atoms with Gasteiger partial charge in [-0.2, -0.15) is 13.2 Å². The molecule has 3 unspecified atom stereocenters. The highest BCUT2D eigenvalue weighted by Gasteiger charge is 2.46. The minimum Gasteiger partial charge on any atom is -0.385 e. The van der Waals surface area contributed by atoms with Crippen molar-refractivity contribution in [3.8, 4) is 0 Å². The zero-order chi connectivity index (χ0) is 15.2. The van der Waals surface area contributed by atoms with Crippen molar-refractivity contribution in [2.45, 2.75) is 56.8 Å². The van der Waals surface area contributed by atoms with Gasteiger partial charge >= 0.3 is 6.18 Å². The van der Waals surface area contributed by atoms with Crippen molar-refractivity contribution in [1.82, 2.24) is 5.32 Å². The van der Waals surface area contributed by atoms with Crippen LogP contribution in [0.2, 0.25) is 0 Å². The van der Waals surface area contributed by atoms with E-state index in [1.165, 1.54) is 0 Å². The first-order valence-corrected chi connectivity index (χ1v) is 6.98. The summed E-state index contributed by atoms with van der Waals surface area (Å²) < 4.78 is 43.5. The first-order chi connectivity index (χ1) is 9.36. The van der Waals surface area contributed by atoms with Crippen molar-refractivity contribution in [3.63, 3.8) is 0 Å². The highest BCUT2D eigenvalue weighted by atomic mass is 19.4. The molecular formula is C13H23F3N2O2. The van der Waals surface area contributed by atoms with Crippen molar-refractivity contribution in [1.29, 1.82) is 0 Å². The molecule has 0 aromatic rings. The first-order valence-electron chi connectivity index (χ1n) is 6.98. The molecule has 1 aliphatic carbocycles. The van der Waals surface area contributed by atoms with Crippen molar-refractivity contribution in [2.24, 2.45) is 11.7 Å². The molecule has 3 N–H and O–H groups in total. The van der Waals surface area contributed by atoms with Crippen LogP contribution in [0.25, 0.3) is 0 Å². The van der Waals surface area contributed by atoms with E-state index in [0.29, 0.717) is 38.7 Å². The van der Waals surface area contributed by atoms with Gasteiger partial charge in [0.1, 0.15) is 0 Å². The number of rotatable bonds is 6. The van der Waals surface area contributed by atoms with Gasteiger partial charge in [-0.25, -0.2) is 0 Å². The molecule has 118 valence electrons. The Balaban J connectivity index is 2.49. The summed E-state index contributed by atoms with van der Waals surface area (Å²) in [4.78, 5) is 11.8. The average Bonchev–Trinajstić information content (AvgIpc) is 2.38. The van der Waals surface area contributed by atoms with Gasteiger partial charge in [-0.3, -0.25) is 4.79 Å².